The van der Waals surface area contributed by atoms with Crippen molar-refractivity contribution < 1.29 is 34.2 Å². The van der Waals surface area contributed by atoms with Crippen LogP contribution in [0.3, 0.4) is 0 Å². The van der Waals surface area contributed by atoms with Crippen LogP contribution in [0.5, 0.6) is 0 Å². The number of hydrogen-bond acceptors (Lipinski definition) is 9. The van der Waals surface area contributed by atoms with Crippen LogP contribution in [0.15, 0.2) is 12.5 Å². The summed E-state index contributed by atoms with van der Waals surface area (Å²) in [4.78, 5) is 68.0. The highest BCUT2D eigenvalue weighted by atomic mass is 16.4. The van der Waals surface area contributed by atoms with E-state index in [0.717, 1.165) is 0 Å². The van der Waals surface area contributed by atoms with Crippen molar-refractivity contribution in [3.63, 3.8) is 0 Å². The molecule has 1 aromatic rings. The first-order valence-electron chi connectivity index (χ1n) is 12.6. The van der Waals surface area contributed by atoms with Crippen LogP contribution >= 0.6 is 0 Å². The number of carboxylic acid groups (broad SMARTS) is 2. The van der Waals surface area contributed by atoms with Crippen LogP contribution in [-0.4, -0.2) is 87.1 Å². The number of aromatic amines is 1. The van der Waals surface area contributed by atoms with Gasteiger partial charge in [0.1, 0.15) is 18.1 Å². The standard InChI is InChI=1S/C23H40N8O7/c24-9-3-1-5-16(21(35)30-17(23(37)38)6-2-4-10-25)29-22(36)18(11-14-12-27-13-28-14)31-20(34)15(26)7-8-19(32)33/h12-13,15-18H,1-11,24-26H2,(H,27,28)(H,29,36)(H,30,35)(H,31,34)(H,32,33)(H,37,38). The number of carboxylic acids is 2. The van der Waals surface area contributed by atoms with Crippen molar-refractivity contribution in [2.45, 2.75) is 82.0 Å². The van der Waals surface area contributed by atoms with Crippen molar-refractivity contribution in [1.82, 2.24) is 25.9 Å². The van der Waals surface area contributed by atoms with Crippen molar-refractivity contribution in [3.05, 3.63) is 18.2 Å². The molecule has 1 rings (SSSR count). The van der Waals surface area contributed by atoms with Crippen LogP contribution in [-0.2, 0) is 30.4 Å². The number of hydrogen-bond donors (Lipinski definition) is 9. The van der Waals surface area contributed by atoms with E-state index >= 15 is 0 Å². The summed E-state index contributed by atoms with van der Waals surface area (Å²) in [7, 11) is 0. The minimum atomic E-state index is -1.21. The summed E-state index contributed by atoms with van der Waals surface area (Å²) in [6, 6.07) is -4.59. The zero-order valence-corrected chi connectivity index (χ0v) is 21.4. The molecule has 214 valence electrons. The fraction of sp³-hybridized carbons (Fsp3) is 0.652. The fourth-order valence-electron chi connectivity index (χ4n) is 3.57. The maximum absolute atomic E-state index is 13.2. The van der Waals surface area contributed by atoms with Gasteiger partial charge in [0.15, 0.2) is 0 Å². The summed E-state index contributed by atoms with van der Waals surface area (Å²) >= 11 is 0. The normalized spacial score (nSPS) is 14.1. The van der Waals surface area contributed by atoms with E-state index < -0.39 is 53.8 Å². The number of carbonyl (C=O) groups is 5. The molecule has 0 aromatic carbocycles. The second-order valence-electron chi connectivity index (χ2n) is 8.91. The lowest BCUT2D eigenvalue weighted by Crippen LogP contribution is -2.57. The first-order chi connectivity index (χ1) is 18.1. The third kappa shape index (κ3) is 12.6. The lowest BCUT2D eigenvalue weighted by atomic mass is 10.0. The number of nitrogens with zero attached hydrogens (tertiary/aromatic N) is 1. The summed E-state index contributed by atoms with van der Waals surface area (Å²) in [5, 5.41) is 25.9. The van der Waals surface area contributed by atoms with Crippen molar-refractivity contribution in [1.29, 1.82) is 0 Å². The predicted octanol–water partition coefficient (Wildman–Crippen LogP) is -2.06. The van der Waals surface area contributed by atoms with E-state index in [-0.39, 0.29) is 32.1 Å². The average Bonchev–Trinajstić information content (AvgIpc) is 3.38. The summed E-state index contributed by atoms with van der Waals surface area (Å²) in [6.07, 6.45) is 4.89. The quantitative estimate of drug-likeness (QED) is 0.0811. The Morgan fingerprint density at radius 3 is 1.89 bits per heavy atom. The molecule has 1 aromatic heterocycles. The van der Waals surface area contributed by atoms with Gasteiger partial charge in [-0.15, -0.1) is 0 Å². The third-order valence-corrected chi connectivity index (χ3v) is 5.76. The van der Waals surface area contributed by atoms with Gasteiger partial charge in [0.2, 0.25) is 17.7 Å². The molecule has 15 nitrogen and oxygen atoms in total. The van der Waals surface area contributed by atoms with E-state index in [1.54, 1.807) is 0 Å². The first-order valence-corrected chi connectivity index (χ1v) is 12.6. The second-order valence-corrected chi connectivity index (χ2v) is 8.91. The monoisotopic (exact) mass is 540 g/mol. The molecule has 0 bridgehead atoms. The Bertz CT molecular complexity index is 896. The van der Waals surface area contributed by atoms with Gasteiger partial charge in [-0.3, -0.25) is 19.2 Å². The Morgan fingerprint density at radius 1 is 0.816 bits per heavy atom. The zero-order valence-electron chi connectivity index (χ0n) is 21.4. The molecule has 12 N–H and O–H groups in total. The molecule has 0 aliphatic carbocycles. The van der Waals surface area contributed by atoms with Crippen LogP contribution in [0.25, 0.3) is 0 Å². The van der Waals surface area contributed by atoms with Crippen molar-refractivity contribution in [2.75, 3.05) is 13.1 Å². The number of rotatable bonds is 20. The second kappa shape index (κ2) is 17.8. The van der Waals surface area contributed by atoms with Gasteiger partial charge in [-0.2, -0.15) is 0 Å². The smallest absolute Gasteiger partial charge is 0.326 e. The molecule has 0 saturated heterocycles. The van der Waals surface area contributed by atoms with Crippen LogP contribution in [0.1, 0.15) is 57.1 Å². The van der Waals surface area contributed by atoms with E-state index in [0.29, 0.717) is 44.5 Å². The van der Waals surface area contributed by atoms with Crippen LogP contribution in [0, 0.1) is 0 Å². The Morgan fingerprint density at radius 2 is 1.37 bits per heavy atom. The molecule has 1 heterocycles. The molecule has 38 heavy (non-hydrogen) atoms. The number of H-pyrrole nitrogens is 1. The summed E-state index contributed by atoms with van der Waals surface area (Å²) in [6.45, 7) is 0.757. The molecule has 0 spiro atoms. The van der Waals surface area contributed by atoms with E-state index in [9.17, 15) is 29.1 Å². The minimum Gasteiger partial charge on any atom is -0.481 e. The molecule has 4 atom stereocenters. The predicted molar refractivity (Wildman–Crippen MR) is 136 cm³/mol. The Kier molecular flexibility index (Phi) is 15.2. The molecule has 0 radical (unpaired) electrons. The van der Waals surface area contributed by atoms with Crippen LogP contribution < -0.4 is 33.2 Å². The number of aliphatic carboxylic acids is 2. The number of unbranched alkanes of at least 4 members (excludes halogenated alkanes) is 2. The van der Waals surface area contributed by atoms with Gasteiger partial charge >= 0.3 is 11.9 Å². The highest BCUT2D eigenvalue weighted by molar-refractivity contribution is 5.94. The van der Waals surface area contributed by atoms with Gasteiger partial charge < -0.3 is 48.3 Å². The van der Waals surface area contributed by atoms with E-state index in [1.165, 1.54) is 12.5 Å². The lowest BCUT2D eigenvalue weighted by molar-refractivity contribution is -0.142. The number of carbonyl (C=O) groups excluding carboxylic acids is 3. The fourth-order valence-corrected chi connectivity index (χ4v) is 3.57. The summed E-state index contributed by atoms with van der Waals surface area (Å²) in [5.74, 6) is -4.45. The number of nitrogens with two attached hydrogens (primary N) is 3. The number of amides is 3. The van der Waals surface area contributed by atoms with Crippen molar-refractivity contribution in [3.8, 4) is 0 Å². The Labute approximate surface area is 220 Å². The Balaban J connectivity index is 3.01. The van der Waals surface area contributed by atoms with E-state index in [1.807, 2.05) is 0 Å². The molecule has 0 saturated carbocycles. The molecule has 0 fully saturated rings. The molecule has 3 amide bonds. The van der Waals surface area contributed by atoms with Crippen molar-refractivity contribution >= 4 is 29.7 Å². The number of imidazole rings is 1. The maximum Gasteiger partial charge on any atom is 0.326 e. The topological polar surface area (TPSA) is 269 Å². The van der Waals surface area contributed by atoms with Gasteiger partial charge in [0.25, 0.3) is 0 Å². The number of aromatic nitrogens is 2. The van der Waals surface area contributed by atoms with Gasteiger partial charge in [-0.25, -0.2) is 9.78 Å². The van der Waals surface area contributed by atoms with E-state index in [2.05, 4.69) is 25.9 Å². The summed E-state index contributed by atoms with van der Waals surface area (Å²) in [5.41, 5.74) is 17.3. The van der Waals surface area contributed by atoms with Gasteiger partial charge in [-0.1, -0.05) is 0 Å². The zero-order chi connectivity index (χ0) is 28.5. The minimum absolute atomic E-state index is 0.0167. The molecular formula is C23H40N8O7. The SMILES string of the molecule is NCCCCC(NC(=O)C(CCCCN)NC(=O)C(Cc1cnc[nH]1)NC(=O)C(N)CCC(=O)O)C(=O)O. The first kappa shape index (κ1) is 32.5. The Hall–Kier alpha value is -3.56. The lowest BCUT2D eigenvalue weighted by Gasteiger charge is -2.25. The molecule has 0 aliphatic rings. The van der Waals surface area contributed by atoms with E-state index in [4.69, 9.17) is 22.3 Å². The molecule has 4 unspecified atom stereocenters. The van der Waals surface area contributed by atoms with Gasteiger partial charge in [0.05, 0.1) is 12.4 Å². The number of nitrogens with one attached hydrogen (secondary N) is 4. The molecular weight excluding hydrogens is 500 g/mol. The highest BCUT2D eigenvalue weighted by Crippen LogP contribution is 2.07. The van der Waals surface area contributed by atoms with Crippen LogP contribution in [0.4, 0.5) is 0 Å². The molecule has 0 aliphatic heterocycles. The third-order valence-electron chi connectivity index (χ3n) is 5.76. The van der Waals surface area contributed by atoms with Gasteiger partial charge in [-0.05, 0) is 58.0 Å². The van der Waals surface area contributed by atoms with Gasteiger partial charge in [0, 0.05) is 24.7 Å². The summed E-state index contributed by atoms with van der Waals surface area (Å²) < 4.78 is 0. The maximum atomic E-state index is 13.2. The average molecular weight is 541 g/mol. The van der Waals surface area contributed by atoms with Crippen LogP contribution in [0.2, 0.25) is 0 Å². The largest absolute Gasteiger partial charge is 0.481 e. The molecule has 15 heteroatoms. The highest BCUT2D eigenvalue weighted by Gasteiger charge is 2.30. The van der Waals surface area contributed by atoms with Crippen molar-refractivity contribution in [2.24, 2.45) is 17.2 Å².